The van der Waals surface area contributed by atoms with E-state index in [-0.39, 0.29) is 11.7 Å². The Bertz CT molecular complexity index is 373. The van der Waals surface area contributed by atoms with Crippen LogP contribution < -0.4 is 5.32 Å². The highest BCUT2D eigenvalue weighted by atomic mass is 16.6. The van der Waals surface area contributed by atoms with Gasteiger partial charge in [0.15, 0.2) is 0 Å². The van der Waals surface area contributed by atoms with Gasteiger partial charge in [-0.05, 0) is 38.3 Å². The number of nitrogens with one attached hydrogen (secondary N) is 1. The first-order valence-corrected chi connectivity index (χ1v) is 9.45. The number of carbonyl (C=O) groups excluding carboxylic acids is 1. The molecule has 1 atom stereocenters. The molecule has 1 saturated carbocycles. The molecule has 126 valence electrons. The van der Waals surface area contributed by atoms with Crippen molar-refractivity contribution in [3.8, 4) is 0 Å². The van der Waals surface area contributed by atoms with E-state index in [1.807, 2.05) is 0 Å². The van der Waals surface area contributed by atoms with Gasteiger partial charge in [-0.25, -0.2) is 4.79 Å². The Morgan fingerprint density at radius 2 is 1.95 bits per heavy atom. The Labute approximate surface area is 135 Å². The molecule has 1 aliphatic carbocycles. The molecule has 4 heteroatoms. The Kier molecular flexibility index (Phi) is 5.27. The Morgan fingerprint density at radius 3 is 2.64 bits per heavy atom. The second-order valence-corrected chi connectivity index (χ2v) is 7.50. The minimum Gasteiger partial charge on any atom is -0.440 e. The number of ether oxygens (including phenoxy) is 1. The number of rotatable bonds is 5. The topological polar surface area (TPSA) is 41.6 Å². The summed E-state index contributed by atoms with van der Waals surface area (Å²) < 4.78 is 6.00. The number of unbranched alkanes of at least 4 members (excludes halogenated alkanes) is 1. The van der Waals surface area contributed by atoms with E-state index >= 15 is 0 Å². The monoisotopic (exact) mass is 308 g/mol. The summed E-state index contributed by atoms with van der Waals surface area (Å²) in [5.74, 6) is 0.697. The SMILES string of the molecule is CCCCC1N(CC2CCCCC2)C(=O)OC12CCNCC2. The molecule has 2 saturated heterocycles. The second kappa shape index (κ2) is 7.20. The normalized spacial score (nSPS) is 29.0. The van der Waals surface area contributed by atoms with Gasteiger partial charge < -0.3 is 15.0 Å². The summed E-state index contributed by atoms with van der Waals surface area (Å²) in [5.41, 5.74) is -0.202. The third-order valence-corrected chi connectivity index (χ3v) is 5.97. The summed E-state index contributed by atoms with van der Waals surface area (Å²) in [6.45, 7) is 5.13. The van der Waals surface area contributed by atoms with Crippen LogP contribution in [0.5, 0.6) is 0 Å². The Hall–Kier alpha value is -0.770. The molecule has 4 nitrogen and oxygen atoms in total. The molecule has 3 rings (SSSR count). The highest BCUT2D eigenvalue weighted by molar-refractivity contribution is 5.71. The summed E-state index contributed by atoms with van der Waals surface area (Å²) in [6.07, 6.45) is 12.0. The number of hydrogen-bond donors (Lipinski definition) is 1. The van der Waals surface area contributed by atoms with Crippen molar-refractivity contribution in [2.75, 3.05) is 19.6 Å². The van der Waals surface area contributed by atoms with Crippen LogP contribution in [0.4, 0.5) is 4.79 Å². The van der Waals surface area contributed by atoms with Gasteiger partial charge in [0, 0.05) is 19.4 Å². The van der Waals surface area contributed by atoms with Gasteiger partial charge in [0.05, 0.1) is 6.04 Å². The summed E-state index contributed by atoms with van der Waals surface area (Å²) >= 11 is 0. The molecule has 0 aromatic carbocycles. The van der Waals surface area contributed by atoms with Gasteiger partial charge in [0.2, 0.25) is 0 Å². The van der Waals surface area contributed by atoms with E-state index in [9.17, 15) is 4.79 Å². The molecule has 1 spiro atoms. The van der Waals surface area contributed by atoms with Crippen molar-refractivity contribution in [2.24, 2.45) is 5.92 Å². The van der Waals surface area contributed by atoms with E-state index in [0.29, 0.717) is 12.0 Å². The Morgan fingerprint density at radius 1 is 1.23 bits per heavy atom. The van der Waals surface area contributed by atoms with Crippen molar-refractivity contribution < 1.29 is 9.53 Å². The number of amides is 1. The molecule has 0 aromatic heterocycles. The fourth-order valence-corrected chi connectivity index (χ4v) is 4.66. The molecular formula is C18H32N2O2. The van der Waals surface area contributed by atoms with Crippen LogP contribution in [-0.4, -0.2) is 42.3 Å². The van der Waals surface area contributed by atoms with Gasteiger partial charge in [0.25, 0.3) is 0 Å². The number of carbonyl (C=O) groups is 1. The average molecular weight is 308 g/mol. The summed E-state index contributed by atoms with van der Waals surface area (Å²) in [7, 11) is 0. The van der Waals surface area contributed by atoms with Crippen LogP contribution >= 0.6 is 0 Å². The lowest BCUT2D eigenvalue weighted by Crippen LogP contribution is -2.52. The minimum absolute atomic E-state index is 0.0337. The maximum atomic E-state index is 12.6. The van der Waals surface area contributed by atoms with Gasteiger partial charge in [0.1, 0.15) is 5.60 Å². The van der Waals surface area contributed by atoms with Crippen molar-refractivity contribution in [3.05, 3.63) is 0 Å². The zero-order chi connectivity index (χ0) is 15.4. The molecule has 1 unspecified atom stereocenters. The molecule has 2 heterocycles. The fraction of sp³-hybridized carbons (Fsp3) is 0.944. The molecule has 22 heavy (non-hydrogen) atoms. The third kappa shape index (κ3) is 3.27. The molecule has 0 aromatic rings. The van der Waals surface area contributed by atoms with E-state index in [0.717, 1.165) is 38.9 Å². The lowest BCUT2D eigenvalue weighted by molar-refractivity contribution is 0.00422. The van der Waals surface area contributed by atoms with Crippen LogP contribution in [-0.2, 0) is 4.74 Å². The standard InChI is InChI=1S/C18H32N2O2/c1-2-3-9-16-18(10-12-19-13-11-18)22-17(21)20(16)14-15-7-5-4-6-8-15/h15-16,19H,2-14H2,1H3. The maximum absolute atomic E-state index is 12.6. The van der Waals surface area contributed by atoms with E-state index in [1.165, 1.54) is 44.9 Å². The van der Waals surface area contributed by atoms with E-state index in [4.69, 9.17) is 4.74 Å². The van der Waals surface area contributed by atoms with Crippen LogP contribution in [0.25, 0.3) is 0 Å². The van der Waals surface area contributed by atoms with Crippen molar-refractivity contribution in [1.82, 2.24) is 10.2 Å². The number of hydrogen-bond acceptors (Lipinski definition) is 3. The minimum atomic E-state index is -0.202. The summed E-state index contributed by atoms with van der Waals surface area (Å²) in [4.78, 5) is 14.7. The zero-order valence-corrected chi connectivity index (χ0v) is 14.1. The van der Waals surface area contributed by atoms with Gasteiger partial charge >= 0.3 is 6.09 Å². The first-order chi connectivity index (χ1) is 10.7. The van der Waals surface area contributed by atoms with Crippen LogP contribution in [0.1, 0.15) is 71.1 Å². The maximum Gasteiger partial charge on any atom is 0.410 e. The fourth-order valence-electron chi connectivity index (χ4n) is 4.66. The van der Waals surface area contributed by atoms with Crippen LogP contribution in [0.15, 0.2) is 0 Å². The van der Waals surface area contributed by atoms with Crippen molar-refractivity contribution >= 4 is 6.09 Å². The van der Waals surface area contributed by atoms with Crippen LogP contribution in [0, 0.1) is 5.92 Å². The largest absolute Gasteiger partial charge is 0.440 e. The Balaban J connectivity index is 1.72. The molecule has 3 aliphatic rings. The molecule has 2 aliphatic heterocycles. The van der Waals surface area contributed by atoms with Crippen molar-refractivity contribution in [1.29, 1.82) is 0 Å². The van der Waals surface area contributed by atoms with Crippen LogP contribution in [0.2, 0.25) is 0 Å². The molecule has 0 bridgehead atoms. The molecule has 3 fully saturated rings. The smallest absolute Gasteiger partial charge is 0.410 e. The molecule has 1 amide bonds. The lowest BCUT2D eigenvalue weighted by Gasteiger charge is -2.39. The van der Waals surface area contributed by atoms with Gasteiger partial charge in [-0.1, -0.05) is 39.0 Å². The van der Waals surface area contributed by atoms with Crippen molar-refractivity contribution in [3.63, 3.8) is 0 Å². The number of nitrogens with zero attached hydrogens (tertiary/aromatic N) is 1. The number of piperidine rings is 1. The zero-order valence-electron chi connectivity index (χ0n) is 14.1. The van der Waals surface area contributed by atoms with E-state index in [1.54, 1.807) is 0 Å². The predicted octanol–water partition coefficient (Wildman–Crippen LogP) is 3.70. The highest BCUT2D eigenvalue weighted by Crippen LogP contribution is 2.40. The second-order valence-electron chi connectivity index (χ2n) is 7.50. The average Bonchev–Trinajstić information content (AvgIpc) is 2.78. The first-order valence-electron chi connectivity index (χ1n) is 9.45. The summed E-state index contributed by atoms with van der Waals surface area (Å²) in [6, 6.07) is 0.309. The van der Waals surface area contributed by atoms with E-state index in [2.05, 4.69) is 17.1 Å². The first kappa shape index (κ1) is 16.1. The van der Waals surface area contributed by atoms with E-state index < -0.39 is 0 Å². The predicted molar refractivity (Wildman–Crippen MR) is 87.9 cm³/mol. The lowest BCUT2D eigenvalue weighted by atomic mass is 9.81. The van der Waals surface area contributed by atoms with Gasteiger partial charge in [-0.2, -0.15) is 0 Å². The molecule has 1 N–H and O–H groups in total. The van der Waals surface area contributed by atoms with Gasteiger partial charge in [-0.3, -0.25) is 0 Å². The third-order valence-electron chi connectivity index (χ3n) is 5.97. The highest BCUT2D eigenvalue weighted by Gasteiger charge is 2.53. The van der Waals surface area contributed by atoms with Crippen LogP contribution in [0.3, 0.4) is 0 Å². The van der Waals surface area contributed by atoms with Gasteiger partial charge in [-0.15, -0.1) is 0 Å². The molecule has 0 radical (unpaired) electrons. The summed E-state index contributed by atoms with van der Waals surface area (Å²) in [5, 5.41) is 3.41. The molecular weight excluding hydrogens is 276 g/mol. The quantitative estimate of drug-likeness (QED) is 0.842. The van der Waals surface area contributed by atoms with Crippen molar-refractivity contribution in [2.45, 2.75) is 82.8 Å².